The summed E-state index contributed by atoms with van der Waals surface area (Å²) in [6, 6.07) is 0. The van der Waals surface area contributed by atoms with E-state index in [0.717, 1.165) is 64.2 Å². The number of hydrogen-bond acceptors (Lipinski definition) is 6. The molecule has 0 saturated heterocycles. The van der Waals surface area contributed by atoms with Crippen molar-refractivity contribution in [1.82, 2.24) is 0 Å². The van der Waals surface area contributed by atoms with Crippen LogP contribution in [0.3, 0.4) is 0 Å². The van der Waals surface area contributed by atoms with Crippen LogP contribution in [0.15, 0.2) is 24.3 Å². The molecule has 0 aliphatic rings. The van der Waals surface area contributed by atoms with Crippen molar-refractivity contribution in [3.8, 4) is 0 Å². The first-order chi connectivity index (χ1) is 40.0. The Morgan fingerprint density at radius 3 is 0.679 bits per heavy atom. The van der Waals surface area contributed by atoms with Gasteiger partial charge in [-0.3, -0.25) is 14.4 Å². The molecule has 1 unspecified atom stereocenters. The van der Waals surface area contributed by atoms with E-state index in [1.165, 1.54) is 315 Å². The third-order valence-corrected chi connectivity index (χ3v) is 17.0. The second-order valence-corrected chi connectivity index (χ2v) is 25.2. The Labute approximate surface area is 506 Å². The van der Waals surface area contributed by atoms with Crippen LogP contribution in [0.25, 0.3) is 0 Å². The summed E-state index contributed by atoms with van der Waals surface area (Å²) in [5.41, 5.74) is 0. The van der Waals surface area contributed by atoms with Crippen LogP contribution < -0.4 is 0 Å². The normalized spacial score (nSPS) is 12.1. The summed E-state index contributed by atoms with van der Waals surface area (Å²) in [6.07, 6.45) is 86.5. The number of esters is 3. The van der Waals surface area contributed by atoms with Crippen molar-refractivity contribution in [3.05, 3.63) is 24.3 Å². The second kappa shape index (κ2) is 70.4. The smallest absolute Gasteiger partial charge is 0.306 e. The topological polar surface area (TPSA) is 78.9 Å². The van der Waals surface area contributed by atoms with E-state index in [1.54, 1.807) is 0 Å². The highest BCUT2D eigenvalue weighted by atomic mass is 16.6. The molecule has 0 aliphatic carbocycles. The average molecular weight is 1140 g/mol. The molecule has 1 atom stereocenters. The second-order valence-electron chi connectivity index (χ2n) is 25.2. The molecule has 0 radical (unpaired) electrons. The van der Waals surface area contributed by atoms with Crippen LogP contribution in [0.1, 0.15) is 419 Å². The Morgan fingerprint density at radius 2 is 0.444 bits per heavy atom. The zero-order chi connectivity index (χ0) is 58.5. The third-order valence-electron chi connectivity index (χ3n) is 17.0. The molecular formula is C75H142O6. The summed E-state index contributed by atoms with van der Waals surface area (Å²) in [7, 11) is 0. The number of unbranched alkanes of at least 4 members (excludes halogenated alkanes) is 54. The van der Waals surface area contributed by atoms with E-state index in [-0.39, 0.29) is 31.1 Å². The van der Waals surface area contributed by atoms with Gasteiger partial charge in [-0.2, -0.15) is 0 Å². The van der Waals surface area contributed by atoms with Gasteiger partial charge in [-0.1, -0.05) is 373 Å². The highest BCUT2D eigenvalue weighted by molar-refractivity contribution is 5.71. The quantitative estimate of drug-likeness (QED) is 0.0261. The minimum absolute atomic E-state index is 0.0636. The molecule has 0 saturated carbocycles. The molecule has 478 valence electrons. The van der Waals surface area contributed by atoms with E-state index in [2.05, 4.69) is 45.1 Å². The summed E-state index contributed by atoms with van der Waals surface area (Å²) in [5.74, 6) is -0.829. The molecule has 0 spiro atoms. The molecule has 0 aromatic rings. The first-order valence-electron chi connectivity index (χ1n) is 36.8. The van der Waals surface area contributed by atoms with Crippen LogP contribution in [-0.4, -0.2) is 37.2 Å². The molecule has 0 aromatic carbocycles. The number of ether oxygens (including phenoxy) is 3. The molecule has 0 bridgehead atoms. The van der Waals surface area contributed by atoms with Gasteiger partial charge < -0.3 is 14.2 Å². The van der Waals surface area contributed by atoms with Crippen LogP contribution in [0, 0.1) is 0 Å². The predicted molar refractivity (Wildman–Crippen MR) is 353 cm³/mol. The Balaban J connectivity index is 4.17. The van der Waals surface area contributed by atoms with Crippen LogP contribution in [0.2, 0.25) is 0 Å². The maximum Gasteiger partial charge on any atom is 0.306 e. The maximum absolute atomic E-state index is 13.0. The Kier molecular flexibility index (Phi) is 68.5. The number of carbonyl (C=O) groups is 3. The molecule has 0 aromatic heterocycles. The Bertz CT molecular complexity index is 1310. The molecule has 0 rings (SSSR count). The molecule has 0 heterocycles. The lowest BCUT2D eigenvalue weighted by Crippen LogP contribution is -2.30. The van der Waals surface area contributed by atoms with Crippen molar-refractivity contribution in [2.24, 2.45) is 0 Å². The van der Waals surface area contributed by atoms with Gasteiger partial charge in [0.1, 0.15) is 13.2 Å². The molecular weight excluding hydrogens is 997 g/mol. The van der Waals surface area contributed by atoms with Gasteiger partial charge in [-0.15, -0.1) is 0 Å². The maximum atomic E-state index is 13.0. The lowest BCUT2D eigenvalue weighted by molar-refractivity contribution is -0.167. The van der Waals surface area contributed by atoms with Gasteiger partial charge in [0.15, 0.2) is 6.10 Å². The first-order valence-corrected chi connectivity index (χ1v) is 36.8. The van der Waals surface area contributed by atoms with E-state index < -0.39 is 6.10 Å². The van der Waals surface area contributed by atoms with Gasteiger partial charge in [-0.05, 0) is 51.4 Å². The van der Waals surface area contributed by atoms with E-state index in [4.69, 9.17) is 14.2 Å². The Morgan fingerprint density at radius 1 is 0.247 bits per heavy atom. The fraction of sp³-hybridized carbons (Fsp3) is 0.907. The highest BCUT2D eigenvalue weighted by Crippen LogP contribution is 2.19. The molecule has 0 aliphatic heterocycles. The van der Waals surface area contributed by atoms with Crippen molar-refractivity contribution in [3.63, 3.8) is 0 Å². The average Bonchev–Trinajstić information content (AvgIpc) is 3.47. The van der Waals surface area contributed by atoms with Crippen LogP contribution in [-0.2, 0) is 28.6 Å². The Hall–Kier alpha value is -2.11. The first kappa shape index (κ1) is 78.9. The van der Waals surface area contributed by atoms with Gasteiger partial charge in [0.2, 0.25) is 0 Å². The molecule has 0 N–H and O–H groups in total. The minimum Gasteiger partial charge on any atom is -0.462 e. The lowest BCUT2D eigenvalue weighted by Gasteiger charge is -2.18. The number of hydrogen-bond donors (Lipinski definition) is 0. The van der Waals surface area contributed by atoms with Gasteiger partial charge in [0.25, 0.3) is 0 Å². The predicted octanol–water partition coefficient (Wildman–Crippen LogP) is 25.3. The van der Waals surface area contributed by atoms with Crippen molar-refractivity contribution in [2.45, 2.75) is 425 Å². The molecule has 0 fully saturated rings. The fourth-order valence-electron chi connectivity index (χ4n) is 11.4. The summed E-state index contributed by atoms with van der Waals surface area (Å²) >= 11 is 0. The molecule has 6 nitrogen and oxygen atoms in total. The zero-order valence-electron chi connectivity index (χ0n) is 55.1. The van der Waals surface area contributed by atoms with E-state index >= 15 is 0 Å². The summed E-state index contributed by atoms with van der Waals surface area (Å²) in [6.45, 7) is 6.71. The minimum atomic E-state index is -0.767. The molecule has 6 heteroatoms. The third kappa shape index (κ3) is 68.6. The summed E-state index contributed by atoms with van der Waals surface area (Å²) in [4.78, 5) is 38.4. The van der Waals surface area contributed by atoms with Gasteiger partial charge in [0, 0.05) is 19.3 Å². The van der Waals surface area contributed by atoms with Crippen molar-refractivity contribution in [2.75, 3.05) is 13.2 Å². The summed E-state index contributed by atoms with van der Waals surface area (Å²) < 4.78 is 17.0. The number of carbonyl (C=O) groups excluding carboxylic acids is 3. The van der Waals surface area contributed by atoms with Crippen LogP contribution in [0.4, 0.5) is 0 Å². The van der Waals surface area contributed by atoms with E-state index in [0.29, 0.717) is 19.3 Å². The lowest BCUT2D eigenvalue weighted by atomic mass is 10.0. The monoisotopic (exact) mass is 1140 g/mol. The van der Waals surface area contributed by atoms with Crippen molar-refractivity contribution in [1.29, 1.82) is 0 Å². The molecule has 0 amide bonds. The van der Waals surface area contributed by atoms with Crippen molar-refractivity contribution >= 4 is 17.9 Å². The van der Waals surface area contributed by atoms with Crippen molar-refractivity contribution < 1.29 is 28.6 Å². The van der Waals surface area contributed by atoms with Crippen LogP contribution >= 0.6 is 0 Å². The SMILES string of the molecule is CCCCCCC/C=C\C/C=C\CCCCCCCCCCCCCCCCCC(=O)OCC(COC(=O)CCCCCCCCCCCCCC)OC(=O)CCCCCCCCCCCCCCCCCCCCCCCCCC. The van der Waals surface area contributed by atoms with Crippen LogP contribution in [0.5, 0.6) is 0 Å². The largest absolute Gasteiger partial charge is 0.462 e. The van der Waals surface area contributed by atoms with Gasteiger partial charge >= 0.3 is 17.9 Å². The van der Waals surface area contributed by atoms with E-state index in [9.17, 15) is 14.4 Å². The van der Waals surface area contributed by atoms with E-state index in [1.807, 2.05) is 0 Å². The fourth-order valence-corrected chi connectivity index (χ4v) is 11.4. The molecule has 81 heavy (non-hydrogen) atoms. The van der Waals surface area contributed by atoms with Gasteiger partial charge in [-0.25, -0.2) is 0 Å². The zero-order valence-corrected chi connectivity index (χ0v) is 55.1. The van der Waals surface area contributed by atoms with Gasteiger partial charge in [0.05, 0.1) is 0 Å². The number of rotatable bonds is 69. The highest BCUT2D eigenvalue weighted by Gasteiger charge is 2.20. The number of allylic oxidation sites excluding steroid dienone is 4. The summed E-state index contributed by atoms with van der Waals surface area (Å²) in [5, 5.41) is 0. The standard InChI is InChI=1S/C75H142O6/c1-4-7-10-13-16-19-22-25-27-29-31-33-35-37-38-39-41-42-44-46-48-50-53-56-59-62-65-68-74(77)80-71-72(70-79-73(76)67-64-61-58-55-52-24-21-18-15-12-9-6-3)81-75(78)69-66-63-60-57-54-51-49-47-45-43-40-36-34-32-30-28-26-23-20-17-14-11-8-5-2/h22,25,29,31,72H,4-21,23-24,26-28,30,32-71H2,1-3H3/b25-22-,31-29-.